The van der Waals surface area contributed by atoms with E-state index in [1.807, 2.05) is 25.3 Å². The molecule has 0 bridgehead atoms. The molecule has 37 heavy (non-hydrogen) atoms. The van der Waals surface area contributed by atoms with Crippen molar-refractivity contribution < 1.29 is 18.1 Å². The highest BCUT2D eigenvalue weighted by atomic mass is 32.2. The van der Waals surface area contributed by atoms with E-state index in [4.69, 9.17) is 4.74 Å². The molecule has 3 aromatic rings. The van der Waals surface area contributed by atoms with E-state index in [0.29, 0.717) is 5.75 Å². The Balaban J connectivity index is 1.64. The molecule has 0 aromatic heterocycles. The standard InChI is InChI=1S/C26H27N5O5S/c1-26(2)19-9-5-7-11-22(19)30(3)25(26)15-16-27-28-21-14-13-18(31(32)33)17-24(21)37(34,35)29-20-10-6-8-12-23(20)36-4/h5-17,28-29H,1-4H3/b25-15+,27-16-. The van der Waals surface area contributed by atoms with Crippen molar-refractivity contribution in [1.29, 1.82) is 0 Å². The number of likely N-dealkylation sites (N-methyl/N-ethyl adjacent to an activating group) is 1. The van der Waals surface area contributed by atoms with Crippen molar-refractivity contribution in [1.82, 2.24) is 0 Å². The minimum atomic E-state index is -4.24. The molecule has 1 aliphatic rings. The van der Waals surface area contributed by atoms with E-state index in [2.05, 4.69) is 46.1 Å². The number of hydrazone groups is 1. The summed E-state index contributed by atoms with van der Waals surface area (Å²) in [6.45, 7) is 4.24. The fraction of sp³-hybridized carbons (Fsp3) is 0.192. The zero-order valence-corrected chi connectivity index (χ0v) is 21.6. The average molecular weight is 522 g/mol. The van der Waals surface area contributed by atoms with E-state index in [9.17, 15) is 18.5 Å². The van der Waals surface area contributed by atoms with Gasteiger partial charge in [-0.3, -0.25) is 20.3 Å². The number of nitro benzene ring substituents is 1. The summed E-state index contributed by atoms with van der Waals surface area (Å²) < 4.78 is 34.2. The lowest BCUT2D eigenvalue weighted by molar-refractivity contribution is -0.385. The first-order chi connectivity index (χ1) is 17.6. The molecular weight excluding hydrogens is 494 g/mol. The Morgan fingerprint density at radius 2 is 1.76 bits per heavy atom. The number of para-hydroxylation sites is 3. The number of anilines is 3. The van der Waals surface area contributed by atoms with Gasteiger partial charge in [-0.25, -0.2) is 8.42 Å². The Morgan fingerprint density at radius 3 is 2.46 bits per heavy atom. The third-order valence-corrected chi connectivity index (χ3v) is 7.65. The lowest BCUT2D eigenvalue weighted by Gasteiger charge is -2.23. The quantitative estimate of drug-likeness (QED) is 0.239. The molecule has 0 aliphatic carbocycles. The Bertz CT molecular complexity index is 1520. The second-order valence-electron chi connectivity index (χ2n) is 8.89. The summed E-state index contributed by atoms with van der Waals surface area (Å²) in [4.78, 5) is 12.4. The van der Waals surface area contributed by atoms with E-state index >= 15 is 0 Å². The molecule has 0 saturated carbocycles. The first-order valence-electron chi connectivity index (χ1n) is 11.3. The second kappa shape index (κ2) is 9.94. The Hall–Kier alpha value is -4.38. The van der Waals surface area contributed by atoms with Crippen molar-refractivity contribution in [2.24, 2.45) is 5.10 Å². The number of methoxy groups -OCH3 is 1. The van der Waals surface area contributed by atoms with Gasteiger partial charge in [0.15, 0.2) is 0 Å². The number of hydrogen-bond acceptors (Lipinski definition) is 8. The van der Waals surface area contributed by atoms with Crippen molar-refractivity contribution in [3.8, 4) is 5.75 Å². The fourth-order valence-electron chi connectivity index (χ4n) is 4.38. The Morgan fingerprint density at radius 1 is 1.05 bits per heavy atom. The number of nitro groups is 1. The van der Waals surface area contributed by atoms with Crippen LogP contribution < -0.4 is 19.8 Å². The van der Waals surface area contributed by atoms with Gasteiger partial charge in [-0.05, 0) is 35.9 Å². The topological polar surface area (TPSA) is 126 Å². The summed E-state index contributed by atoms with van der Waals surface area (Å²) in [5, 5.41) is 15.5. The smallest absolute Gasteiger partial charge is 0.270 e. The van der Waals surface area contributed by atoms with Gasteiger partial charge in [0.2, 0.25) is 0 Å². The van der Waals surface area contributed by atoms with Crippen LogP contribution in [0.4, 0.5) is 22.7 Å². The van der Waals surface area contributed by atoms with E-state index in [0.717, 1.165) is 17.5 Å². The molecule has 0 fully saturated rings. The van der Waals surface area contributed by atoms with Gasteiger partial charge in [-0.2, -0.15) is 5.10 Å². The minimum absolute atomic E-state index is 0.0740. The number of nitrogens with one attached hydrogen (secondary N) is 2. The highest BCUT2D eigenvalue weighted by molar-refractivity contribution is 7.93. The normalized spacial score (nSPS) is 15.6. The zero-order valence-electron chi connectivity index (χ0n) is 20.8. The van der Waals surface area contributed by atoms with E-state index in [1.165, 1.54) is 37.1 Å². The van der Waals surface area contributed by atoms with Crippen LogP contribution in [0, 0.1) is 10.1 Å². The molecule has 0 saturated heterocycles. The van der Waals surface area contributed by atoms with Crippen molar-refractivity contribution >= 4 is 39.0 Å². The van der Waals surface area contributed by atoms with Crippen LogP contribution in [0.25, 0.3) is 0 Å². The summed E-state index contributed by atoms with van der Waals surface area (Å²) in [6, 6.07) is 18.1. The van der Waals surface area contributed by atoms with E-state index < -0.39 is 14.9 Å². The molecule has 1 aliphatic heterocycles. The monoisotopic (exact) mass is 521 g/mol. The van der Waals surface area contributed by atoms with Gasteiger partial charge in [0.25, 0.3) is 15.7 Å². The molecule has 0 radical (unpaired) electrons. The van der Waals surface area contributed by atoms with Crippen molar-refractivity contribution in [2.45, 2.75) is 24.2 Å². The number of allylic oxidation sites excluding steroid dienone is 2. The first kappa shape index (κ1) is 25.7. The molecule has 192 valence electrons. The van der Waals surface area contributed by atoms with E-state index in [-0.39, 0.29) is 27.4 Å². The van der Waals surface area contributed by atoms with E-state index in [1.54, 1.807) is 18.2 Å². The van der Waals surface area contributed by atoms with Crippen LogP contribution in [0.5, 0.6) is 5.75 Å². The largest absolute Gasteiger partial charge is 0.495 e. The molecule has 0 amide bonds. The fourth-order valence-corrected chi connectivity index (χ4v) is 5.63. The third kappa shape index (κ3) is 4.98. The highest BCUT2D eigenvalue weighted by Gasteiger charge is 2.37. The molecule has 1 heterocycles. The number of fused-ring (bicyclic) bond motifs is 1. The SMILES string of the molecule is COc1ccccc1NS(=O)(=O)c1cc([N+](=O)[O-])ccc1N/N=C\C=C1\N(C)c2ccccc2C1(C)C. The molecule has 0 atom stereocenters. The van der Waals surface area contributed by atoms with Crippen molar-refractivity contribution in [2.75, 3.05) is 29.2 Å². The molecule has 3 aromatic carbocycles. The predicted octanol–water partition coefficient (Wildman–Crippen LogP) is 5.11. The number of non-ortho nitro benzene ring substituents is 1. The zero-order chi connectivity index (χ0) is 26.8. The molecule has 0 spiro atoms. The average Bonchev–Trinajstić information content (AvgIpc) is 3.07. The van der Waals surface area contributed by atoms with Gasteiger partial charge in [-0.1, -0.05) is 44.2 Å². The van der Waals surface area contributed by atoms with Crippen LogP contribution >= 0.6 is 0 Å². The Labute approximate surface area is 215 Å². The third-order valence-electron chi connectivity index (χ3n) is 6.25. The maximum atomic E-state index is 13.3. The first-order valence-corrected chi connectivity index (χ1v) is 12.8. The maximum Gasteiger partial charge on any atom is 0.270 e. The van der Waals surface area contributed by atoms with Gasteiger partial charge in [0.1, 0.15) is 10.6 Å². The number of rotatable bonds is 8. The maximum absolute atomic E-state index is 13.3. The van der Waals surface area contributed by atoms with Crippen LogP contribution in [0.3, 0.4) is 0 Å². The molecule has 10 nitrogen and oxygen atoms in total. The summed E-state index contributed by atoms with van der Waals surface area (Å²) in [6.07, 6.45) is 3.38. The molecule has 2 N–H and O–H groups in total. The minimum Gasteiger partial charge on any atom is -0.495 e. The predicted molar refractivity (Wildman–Crippen MR) is 145 cm³/mol. The van der Waals surface area contributed by atoms with Gasteiger partial charge in [0, 0.05) is 42.2 Å². The summed E-state index contributed by atoms with van der Waals surface area (Å²) in [5.41, 5.74) is 5.67. The van der Waals surface area contributed by atoms with Crippen molar-refractivity contribution in [3.05, 3.63) is 94.2 Å². The van der Waals surface area contributed by atoms with Gasteiger partial charge in [0.05, 0.1) is 23.4 Å². The number of sulfonamides is 1. The number of benzene rings is 3. The van der Waals surface area contributed by atoms with Crippen LogP contribution in [-0.4, -0.2) is 33.7 Å². The highest BCUT2D eigenvalue weighted by Crippen LogP contribution is 2.46. The number of nitrogens with zero attached hydrogens (tertiary/aromatic N) is 3. The molecule has 11 heteroatoms. The number of ether oxygens (including phenoxy) is 1. The molecular formula is C26H27N5O5S. The van der Waals surface area contributed by atoms with Crippen LogP contribution in [-0.2, 0) is 15.4 Å². The molecule has 4 rings (SSSR count). The number of hydrogen-bond donors (Lipinski definition) is 2. The lowest BCUT2D eigenvalue weighted by atomic mass is 9.84. The Kier molecular flexibility index (Phi) is 6.90. The van der Waals surface area contributed by atoms with Crippen molar-refractivity contribution in [3.63, 3.8) is 0 Å². The summed E-state index contributed by atoms with van der Waals surface area (Å²) >= 11 is 0. The molecule has 0 unspecified atom stereocenters. The summed E-state index contributed by atoms with van der Waals surface area (Å²) in [5.74, 6) is 0.306. The summed E-state index contributed by atoms with van der Waals surface area (Å²) in [7, 11) is -0.851. The van der Waals surface area contributed by atoms with Crippen LogP contribution in [0.2, 0.25) is 0 Å². The van der Waals surface area contributed by atoms with Gasteiger partial charge < -0.3 is 9.64 Å². The lowest BCUT2D eigenvalue weighted by Crippen LogP contribution is -2.23. The van der Waals surface area contributed by atoms with Gasteiger partial charge in [-0.15, -0.1) is 0 Å². The van der Waals surface area contributed by atoms with Crippen LogP contribution in [0.1, 0.15) is 19.4 Å². The van der Waals surface area contributed by atoms with Crippen LogP contribution in [0.15, 0.2) is 88.5 Å². The second-order valence-corrected chi connectivity index (χ2v) is 10.5. The van der Waals surface area contributed by atoms with Gasteiger partial charge >= 0.3 is 0 Å².